The zero-order chi connectivity index (χ0) is 17.4. The van der Waals surface area contributed by atoms with Crippen molar-refractivity contribution in [2.45, 2.75) is 5.60 Å². The summed E-state index contributed by atoms with van der Waals surface area (Å²) in [4.78, 5) is 24.3. The third kappa shape index (κ3) is 2.63. The molecular formula is C21H13ClO3. The summed E-state index contributed by atoms with van der Waals surface area (Å²) in [5.74, 6) is -0.557. The van der Waals surface area contributed by atoms with Gasteiger partial charge in [-0.3, -0.25) is 4.79 Å². The number of ketones is 1. The Morgan fingerprint density at radius 1 is 0.800 bits per heavy atom. The number of halogens is 1. The molecule has 0 aromatic heterocycles. The van der Waals surface area contributed by atoms with Crippen LogP contribution in [0.1, 0.15) is 11.1 Å². The Kier molecular flexibility index (Phi) is 3.66. The van der Waals surface area contributed by atoms with E-state index in [2.05, 4.69) is 0 Å². The molecular weight excluding hydrogens is 336 g/mol. The van der Waals surface area contributed by atoms with Gasteiger partial charge in [-0.1, -0.05) is 54.1 Å². The van der Waals surface area contributed by atoms with Gasteiger partial charge in [0.15, 0.2) is 11.4 Å². The van der Waals surface area contributed by atoms with E-state index in [0.29, 0.717) is 10.6 Å². The highest BCUT2D eigenvalue weighted by molar-refractivity contribution is 6.32. The van der Waals surface area contributed by atoms with E-state index >= 15 is 0 Å². The lowest BCUT2D eigenvalue weighted by molar-refractivity contribution is -0.139. The van der Waals surface area contributed by atoms with Crippen molar-refractivity contribution in [2.24, 2.45) is 0 Å². The fourth-order valence-corrected chi connectivity index (χ4v) is 3.29. The number of carbonyl (C=O) groups excluding carboxylic acids is 2. The van der Waals surface area contributed by atoms with Crippen LogP contribution in [0.25, 0.3) is 11.1 Å². The van der Waals surface area contributed by atoms with Crippen LogP contribution in [-0.4, -0.2) is 17.4 Å². The molecule has 3 nitrogen and oxygen atoms in total. The normalized spacial score (nSPS) is 18.1. The number of rotatable bonds is 2. The molecule has 2 aliphatic rings. The molecule has 4 heteroatoms. The number of benzene rings is 2. The first-order valence-corrected chi connectivity index (χ1v) is 8.19. The second-order valence-electron chi connectivity index (χ2n) is 5.87. The molecule has 0 unspecified atom stereocenters. The monoisotopic (exact) mass is 348 g/mol. The zero-order valence-corrected chi connectivity index (χ0v) is 13.9. The van der Waals surface area contributed by atoms with Crippen LogP contribution in [0, 0.1) is 0 Å². The van der Waals surface area contributed by atoms with Crippen LogP contribution >= 0.6 is 11.6 Å². The fraction of sp³-hybridized carbons (Fsp3) is 0.0476. The van der Waals surface area contributed by atoms with E-state index in [1.54, 1.807) is 36.4 Å². The Balaban J connectivity index is 1.99. The lowest BCUT2D eigenvalue weighted by atomic mass is 9.82. The lowest BCUT2D eigenvalue weighted by Crippen LogP contribution is -2.28. The van der Waals surface area contributed by atoms with Crippen LogP contribution < -0.4 is 0 Å². The van der Waals surface area contributed by atoms with Gasteiger partial charge in [0.25, 0.3) is 0 Å². The summed E-state index contributed by atoms with van der Waals surface area (Å²) >= 11 is 5.97. The maximum absolute atomic E-state index is 12.7. The quantitative estimate of drug-likeness (QED) is 0.762. The number of ether oxygens (including phenoxy) is 1. The van der Waals surface area contributed by atoms with E-state index in [0.717, 1.165) is 16.7 Å². The van der Waals surface area contributed by atoms with Crippen LogP contribution in [-0.2, 0) is 14.3 Å². The number of hydrogen-bond donors (Lipinski definition) is 0. The molecule has 0 saturated carbocycles. The molecule has 0 atom stereocenters. The third-order valence-corrected chi connectivity index (χ3v) is 4.54. The second kappa shape index (κ2) is 5.87. The van der Waals surface area contributed by atoms with Gasteiger partial charge in [-0.25, -0.2) is 4.79 Å². The molecule has 2 aromatic rings. The first-order valence-electron chi connectivity index (χ1n) is 7.81. The molecule has 0 bridgehead atoms. The molecule has 4 rings (SSSR count). The minimum Gasteiger partial charge on any atom is -0.442 e. The van der Waals surface area contributed by atoms with E-state index in [4.69, 9.17) is 16.3 Å². The third-order valence-electron chi connectivity index (χ3n) is 4.29. The second-order valence-corrected chi connectivity index (χ2v) is 6.31. The van der Waals surface area contributed by atoms with Crippen LogP contribution in [0.4, 0.5) is 0 Å². The SMILES string of the molecule is O=C1C=CC2(C=C1)OC(=O)C(c1ccc(Cl)cc1)=C2c1ccccc1. The molecule has 1 aliphatic heterocycles. The highest BCUT2D eigenvalue weighted by Crippen LogP contribution is 2.46. The first kappa shape index (κ1) is 15.6. The highest BCUT2D eigenvalue weighted by Gasteiger charge is 2.46. The molecule has 25 heavy (non-hydrogen) atoms. The van der Waals surface area contributed by atoms with Gasteiger partial charge < -0.3 is 4.74 Å². The molecule has 0 amide bonds. The highest BCUT2D eigenvalue weighted by atomic mass is 35.5. The largest absolute Gasteiger partial charge is 0.442 e. The standard InChI is InChI=1S/C21H13ClO3/c22-16-8-6-14(7-9-16)18-19(15-4-2-1-3-5-15)21(25-20(18)24)12-10-17(23)11-13-21/h1-13H. The van der Waals surface area contributed by atoms with Gasteiger partial charge in [-0.05, 0) is 47.6 Å². The zero-order valence-electron chi connectivity index (χ0n) is 13.1. The predicted octanol–water partition coefficient (Wildman–Crippen LogP) is 4.24. The van der Waals surface area contributed by atoms with Crippen molar-refractivity contribution >= 4 is 34.5 Å². The number of allylic oxidation sites excluding steroid dienone is 2. The minimum atomic E-state index is -1.07. The van der Waals surface area contributed by atoms with Gasteiger partial charge in [0.1, 0.15) is 0 Å². The van der Waals surface area contributed by atoms with Crippen LogP contribution in [0.15, 0.2) is 78.9 Å². The molecule has 1 aliphatic carbocycles. The Morgan fingerprint density at radius 2 is 1.44 bits per heavy atom. The van der Waals surface area contributed by atoms with Crippen molar-refractivity contribution in [3.8, 4) is 0 Å². The van der Waals surface area contributed by atoms with Crippen LogP contribution in [0.5, 0.6) is 0 Å². The first-order chi connectivity index (χ1) is 12.1. The Morgan fingerprint density at radius 3 is 2.08 bits per heavy atom. The van der Waals surface area contributed by atoms with Crippen molar-refractivity contribution in [3.63, 3.8) is 0 Å². The van der Waals surface area contributed by atoms with Gasteiger partial charge in [0, 0.05) is 10.6 Å². The molecule has 1 heterocycles. The van der Waals surface area contributed by atoms with Gasteiger partial charge in [0.05, 0.1) is 5.57 Å². The van der Waals surface area contributed by atoms with Crippen molar-refractivity contribution in [1.82, 2.24) is 0 Å². The van der Waals surface area contributed by atoms with E-state index in [-0.39, 0.29) is 5.78 Å². The topological polar surface area (TPSA) is 43.4 Å². The summed E-state index contributed by atoms with van der Waals surface area (Å²) in [7, 11) is 0. The minimum absolute atomic E-state index is 0.131. The van der Waals surface area contributed by atoms with Crippen molar-refractivity contribution in [2.75, 3.05) is 0 Å². The van der Waals surface area contributed by atoms with Crippen LogP contribution in [0.2, 0.25) is 5.02 Å². The summed E-state index contributed by atoms with van der Waals surface area (Å²) in [6, 6.07) is 16.6. The smallest absolute Gasteiger partial charge is 0.340 e. The fourth-order valence-electron chi connectivity index (χ4n) is 3.16. The summed E-state index contributed by atoms with van der Waals surface area (Å²) in [6.07, 6.45) is 6.14. The number of esters is 1. The maximum atomic E-state index is 12.7. The summed E-state index contributed by atoms with van der Waals surface area (Å²) < 4.78 is 5.73. The Hall–Kier alpha value is -2.91. The molecule has 0 saturated heterocycles. The van der Waals surface area contributed by atoms with Crippen molar-refractivity contribution in [3.05, 3.63) is 95.1 Å². The van der Waals surface area contributed by atoms with E-state index in [1.807, 2.05) is 30.3 Å². The Bertz CT molecular complexity index is 934. The van der Waals surface area contributed by atoms with Crippen molar-refractivity contribution < 1.29 is 14.3 Å². The van der Waals surface area contributed by atoms with E-state index < -0.39 is 11.6 Å². The average Bonchev–Trinajstić information content (AvgIpc) is 2.91. The van der Waals surface area contributed by atoms with Gasteiger partial charge >= 0.3 is 5.97 Å². The summed E-state index contributed by atoms with van der Waals surface area (Å²) in [5.41, 5.74) is 1.72. The van der Waals surface area contributed by atoms with E-state index in [9.17, 15) is 9.59 Å². The molecule has 1 spiro atoms. The molecule has 0 N–H and O–H groups in total. The molecule has 0 radical (unpaired) electrons. The lowest BCUT2D eigenvalue weighted by Gasteiger charge is -2.26. The van der Waals surface area contributed by atoms with Gasteiger partial charge in [0.2, 0.25) is 0 Å². The molecule has 122 valence electrons. The van der Waals surface area contributed by atoms with Crippen LogP contribution in [0.3, 0.4) is 0 Å². The number of hydrogen-bond acceptors (Lipinski definition) is 3. The van der Waals surface area contributed by atoms with Gasteiger partial charge in [-0.2, -0.15) is 0 Å². The van der Waals surface area contributed by atoms with Crippen molar-refractivity contribution in [1.29, 1.82) is 0 Å². The van der Waals surface area contributed by atoms with E-state index in [1.165, 1.54) is 12.2 Å². The summed E-state index contributed by atoms with van der Waals surface area (Å²) in [5, 5.41) is 0.592. The summed E-state index contributed by atoms with van der Waals surface area (Å²) in [6.45, 7) is 0. The maximum Gasteiger partial charge on any atom is 0.340 e. The number of carbonyl (C=O) groups is 2. The van der Waals surface area contributed by atoms with Gasteiger partial charge in [-0.15, -0.1) is 0 Å². The molecule has 0 fully saturated rings. The Labute approximate surface area is 149 Å². The molecule has 2 aromatic carbocycles. The average molecular weight is 349 g/mol. The predicted molar refractivity (Wildman–Crippen MR) is 96.8 cm³/mol.